The second kappa shape index (κ2) is 8.79. The Morgan fingerprint density at radius 2 is 1.67 bits per heavy atom. The Morgan fingerprint density at radius 3 is 2.27 bits per heavy atom. The minimum absolute atomic E-state index is 0.0119. The summed E-state index contributed by atoms with van der Waals surface area (Å²) >= 11 is 1.36. The van der Waals surface area contributed by atoms with E-state index in [1.165, 1.54) is 11.8 Å². The molecule has 0 unspecified atom stereocenters. The predicted octanol–water partition coefficient (Wildman–Crippen LogP) is 4.23. The van der Waals surface area contributed by atoms with E-state index >= 15 is 0 Å². The number of hydrogen-bond acceptors (Lipinski definition) is 6. The highest BCUT2D eigenvalue weighted by Gasteiger charge is 2.22. The van der Waals surface area contributed by atoms with Crippen LogP contribution in [0.1, 0.15) is 38.1 Å². The summed E-state index contributed by atoms with van der Waals surface area (Å²) < 4.78 is 1.87. The zero-order chi connectivity index (χ0) is 21.9. The largest absolute Gasteiger partial charge is 0.326 e. The molecule has 3 aromatic rings. The lowest BCUT2D eigenvalue weighted by Crippen LogP contribution is -2.27. The van der Waals surface area contributed by atoms with Crippen LogP contribution < -0.4 is 5.32 Å². The van der Waals surface area contributed by atoms with E-state index in [9.17, 15) is 9.59 Å². The molecular weight excluding hydrogens is 398 g/mol. The first-order valence-electron chi connectivity index (χ1n) is 9.59. The lowest BCUT2D eigenvalue weighted by molar-refractivity contribution is -0.123. The van der Waals surface area contributed by atoms with Crippen molar-refractivity contribution >= 4 is 29.1 Å². The summed E-state index contributed by atoms with van der Waals surface area (Å²) in [7, 11) is 1.88. The summed E-state index contributed by atoms with van der Waals surface area (Å²) in [5.74, 6) is 0.637. The molecule has 1 atom stereocenters. The Morgan fingerprint density at radius 1 is 1.03 bits per heavy atom. The van der Waals surface area contributed by atoms with Crippen LogP contribution in [0.25, 0.3) is 11.4 Å². The van der Waals surface area contributed by atoms with Gasteiger partial charge in [0, 0.05) is 41.7 Å². The number of Topliss-reactive ketones (excluding diaryl/α,β-unsaturated/α-hetero) is 1. The normalized spacial score (nSPS) is 12.4. The molecule has 0 bridgehead atoms. The number of aromatic nitrogens is 4. The summed E-state index contributed by atoms with van der Waals surface area (Å²) in [4.78, 5) is 29.0. The van der Waals surface area contributed by atoms with Gasteiger partial charge in [-0.05, 0) is 43.3 Å². The van der Waals surface area contributed by atoms with E-state index in [4.69, 9.17) is 0 Å². The number of anilines is 1. The standard InChI is InChI=1S/C22H25N5O2S/c1-14(30-21-26-25-19(27(21)5)16-10-12-23-13-11-16)18(28)15-6-8-17(9-7-15)24-20(29)22(2,3)4/h6-14H,1-5H3,(H,24,29)/t14-/m1/s1. The Labute approximate surface area is 180 Å². The number of ketones is 1. The Bertz CT molecular complexity index is 1040. The fourth-order valence-corrected chi connectivity index (χ4v) is 3.54. The minimum Gasteiger partial charge on any atom is -0.326 e. The highest BCUT2D eigenvalue weighted by Crippen LogP contribution is 2.27. The Hall–Kier alpha value is -3.00. The molecule has 0 aliphatic rings. The molecule has 0 saturated carbocycles. The highest BCUT2D eigenvalue weighted by molar-refractivity contribution is 8.00. The Kier molecular flexibility index (Phi) is 6.36. The quantitative estimate of drug-likeness (QED) is 0.471. The molecule has 0 aliphatic carbocycles. The molecule has 2 heterocycles. The fourth-order valence-electron chi connectivity index (χ4n) is 2.65. The molecule has 1 amide bonds. The van der Waals surface area contributed by atoms with E-state index in [1.54, 1.807) is 36.7 Å². The lowest BCUT2D eigenvalue weighted by atomic mass is 9.95. The zero-order valence-electron chi connectivity index (χ0n) is 17.7. The van der Waals surface area contributed by atoms with Crippen molar-refractivity contribution in [3.8, 4) is 11.4 Å². The van der Waals surface area contributed by atoms with Gasteiger partial charge in [-0.25, -0.2) is 0 Å². The third kappa shape index (κ3) is 4.94. The maximum absolute atomic E-state index is 12.9. The first-order chi connectivity index (χ1) is 14.2. The van der Waals surface area contributed by atoms with E-state index in [2.05, 4.69) is 20.5 Å². The summed E-state index contributed by atoms with van der Waals surface area (Å²) in [5, 5.41) is 11.7. The third-order valence-corrected chi connectivity index (χ3v) is 5.67. The molecular formula is C22H25N5O2S. The molecule has 1 aromatic carbocycles. The number of rotatable bonds is 6. The lowest BCUT2D eigenvalue weighted by Gasteiger charge is -2.17. The van der Waals surface area contributed by atoms with Gasteiger partial charge in [0.25, 0.3) is 0 Å². The molecule has 0 spiro atoms. The number of thioether (sulfide) groups is 1. The van der Waals surface area contributed by atoms with E-state index in [0.29, 0.717) is 16.4 Å². The molecule has 2 aromatic heterocycles. The molecule has 7 nitrogen and oxygen atoms in total. The number of carbonyl (C=O) groups is 2. The van der Waals surface area contributed by atoms with Gasteiger partial charge in [0.05, 0.1) is 5.25 Å². The van der Waals surface area contributed by atoms with Crippen LogP contribution in [0.2, 0.25) is 0 Å². The maximum atomic E-state index is 12.9. The van der Waals surface area contributed by atoms with Crippen LogP contribution in [0, 0.1) is 5.41 Å². The van der Waals surface area contributed by atoms with Crippen LogP contribution in [0.4, 0.5) is 5.69 Å². The van der Waals surface area contributed by atoms with Crippen molar-refractivity contribution in [1.29, 1.82) is 0 Å². The van der Waals surface area contributed by atoms with E-state index in [1.807, 2.05) is 51.4 Å². The number of pyridine rings is 1. The number of hydrogen-bond donors (Lipinski definition) is 1. The summed E-state index contributed by atoms with van der Waals surface area (Å²) in [5.41, 5.74) is 1.69. The van der Waals surface area contributed by atoms with E-state index < -0.39 is 5.41 Å². The average Bonchev–Trinajstić information content (AvgIpc) is 3.08. The van der Waals surface area contributed by atoms with Gasteiger partial charge in [0.1, 0.15) is 0 Å². The van der Waals surface area contributed by atoms with Crippen molar-refractivity contribution in [1.82, 2.24) is 19.7 Å². The van der Waals surface area contributed by atoms with Gasteiger partial charge in [-0.2, -0.15) is 0 Å². The van der Waals surface area contributed by atoms with Gasteiger partial charge in [0.2, 0.25) is 5.91 Å². The molecule has 0 fully saturated rings. The summed E-state index contributed by atoms with van der Waals surface area (Å²) in [6.45, 7) is 7.41. The first kappa shape index (κ1) is 21.7. The van der Waals surface area contributed by atoms with Crippen LogP contribution >= 0.6 is 11.8 Å². The fraction of sp³-hybridized carbons (Fsp3) is 0.318. The number of amides is 1. The molecule has 0 aliphatic heterocycles. The van der Waals surface area contributed by atoms with Crippen LogP contribution in [-0.2, 0) is 11.8 Å². The molecule has 1 N–H and O–H groups in total. The minimum atomic E-state index is -0.481. The maximum Gasteiger partial charge on any atom is 0.229 e. The predicted molar refractivity (Wildman–Crippen MR) is 118 cm³/mol. The van der Waals surface area contributed by atoms with Gasteiger partial charge < -0.3 is 9.88 Å². The van der Waals surface area contributed by atoms with Crippen molar-refractivity contribution in [3.05, 3.63) is 54.4 Å². The van der Waals surface area contributed by atoms with Gasteiger partial charge in [-0.15, -0.1) is 10.2 Å². The molecule has 30 heavy (non-hydrogen) atoms. The molecule has 0 saturated heterocycles. The molecule has 156 valence electrons. The van der Waals surface area contributed by atoms with Crippen molar-refractivity contribution < 1.29 is 9.59 Å². The number of nitrogens with zero attached hydrogens (tertiary/aromatic N) is 4. The van der Waals surface area contributed by atoms with Crippen molar-refractivity contribution in [3.63, 3.8) is 0 Å². The highest BCUT2D eigenvalue weighted by atomic mass is 32.2. The molecule has 8 heteroatoms. The molecule has 3 rings (SSSR count). The average molecular weight is 424 g/mol. The molecule has 0 radical (unpaired) electrons. The van der Waals surface area contributed by atoms with Crippen molar-refractivity contribution in [2.45, 2.75) is 38.1 Å². The number of nitrogens with one attached hydrogen (secondary N) is 1. The SMILES string of the molecule is C[C@@H](Sc1nnc(-c2ccncc2)n1C)C(=O)c1ccc(NC(=O)C(C)(C)C)cc1. The van der Waals surface area contributed by atoms with Crippen LogP contribution in [0.5, 0.6) is 0 Å². The summed E-state index contributed by atoms with van der Waals surface area (Å²) in [6.07, 6.45) is 3.41. The Balaban J connectivity index is 1.68. The van der Waals surface area contributed by atoms with Crippen LogP contribution in [0.15, 0.2) is 53.9 Å². The van der Waals surface area contributed by atoms with E-state index in [-0.39, 0.29) is 16.9 Å². The second-order valence-electron chi connectivity index (χ2n) is 8.01. The van der Waals surface area contributed by atoms with Gasteiger partial charge in [0.15, 0.2) is 16.8 Å². The monoisotopic (exact) mass is 423 g/mol. The van der Waals surface area contributed by atoms with Crippen molar-refractivity contribution in [2.75, 3.05) is 5.32 Å². The number of carbonyl (C=O) groups excluding carboxylic acids is 2. The summed E-state index contributed by atoms with van der Waals surface area (Å²) in [6, 6.07) is 10.7. The van der Waals surface area contributed by atoms with E-state index in [0.717, 1.165) is 11.4 Å². The number of benzene rings is 1. The zero-order valence-corrected chi connectivity index (χ0v) is 18.5. The third-order valence-electron chi connectivity index (χ3n) is 4.53. The van der Waals surface area contributed by atoms with Crippen molar-refractivity contribution in [2.24, 2.45) is 12.5 Å². The van der Waals surface area contributed by atoms with Crippen LogP contribution in [0.3, 0.4) is 0 Å². The van der Waals surface area contributed by atoms with Gasteiger partial charge in [-0.3, -0.25) is 14.6 Å². The first-order valence-corrected chi connectivity index (χ1v) is 10.5. The smallest absolute Gasteiger partial charge is 0.229 e. The van der Waals surface area contributed by atoms with Crippen LogP contribution in [-0.4, -0.2) is 36.7 Å². The second-order valence-corrected chi connectivity index (χ2v) is 9.31. The van der Waals surface area contributed by atoms with Gasteiger partial charge in [-0.1, -0.05) is 32.5 Å². The topological polar surface area (TPSA) is 89.8 Å². The van der Waals surface area contributed by atoms with Gasteiger partial charge >= 0.3 is 0 Å².